The van der Waals surface area contributed by atoms with Gasteiger partial charge in [-0.1, -0.05) is 13.0 Å². The highest BCUT2D eigenvalue weighted by atomic mass is 16.1. The average molecular weight is 273 g/mol. The van der Waals surface area contributed by atoms with Gasteiger partial charge in [0.2, 0.25) is 0 Å². The van der Waals surface area contributed by atoms with Crippen LogP contribution in [0.15, 0.2) is 36.7 Å². The molecule has 1 amide bonds. The molecular weight excluding hydrogens is 254 g/mol. The maximum Gasteiger partial charge on any atom is 0.269 e. The molecule has 1 atom stereocenters. The summed E-state index contributed by atoms with van der Waals surface area (Å²) in [5.74, 6) is 0.928. The normalized spacial score (nSPS) is 11.9. The topological polar surface area (TPSA) is 71.8 Å². The SMILES string of the molecule is CNC(=O)c1cccc(NC[C@@H](C)Cn2cccn2)n1. The summed E-state index contributed by atoms with van der Waals surface area (Å²) in [5.41, 5.74) is 0.414. The van der Waals surface area contributed by atoms with E-state index in [1.165, 1.54) is 0 Å². The van der Waals surface area contributed by atoms with Crippen LogP contribution in [0.1, 0.15) is 17.4 Å². The number of amides is 1. The highest BCUT2D eigenvalue weighted by Gasteiger charge is 2.07. The summed E-state index contributed by atoms with van der Waals surface area (Å²) in [7, 11) is 1.59. The van der Waals surface area contributed by atoms with Gasteiger partial charge in [0.1, 0.15) is 11.5 Å². The largest absolute Gasteiger partial charge is 0.370 e. The van der Waals surface area contributed by atoms with Crippen LogP contribution < -0.4 is 10.6 Å². The number of carbonyl (C=O) groups excluding carboxylic acids is 1. The van der Waals surface area contributed by atoms with E-state index in [1.807, 2.05) is 29.1 Å². The monoisotopic (exact) mass is 273 g/mol. The summed E-state index contributed by atoms with van der Waals surface area (Å²) < 4.78 is 1.90. The maximum atomic E-state index is 11.5. The Morgan fingerprint density at radius 2 is 2.25 bits per heavy atom. The van der Waals surface area contributed by atoms with Gasteiger partial charge in [-0.15, -0.1) is 0 Å². The second kappa shape index (κ2) is 6.70. The molecule has 2 rings (SSSR count). The van der Waals surface area contributed by atoms with Crippen LogP contribution in [-0.4, -0.2) is 34.3 Å². The van der Waals surface area contributed by atoms with E-state index >= 15 is 0 Å². The minimum Gasteiger partial charge on any atom is -0.370 e. The van der Waals surface area contributed by atoms with Crippen LogP contribution in [0.3, 0.4) is 0 Å². The molecule has 0 fully saturated rings. The lowest BCUT2D eigenvalue weighted by molar-refractivity contribution is 0.0958. The standard InChI is InChI=1S/C14H19N5O/c1-11(10-19-8-4-7-17-19)9-16-13-6-3-5-12(18-13)14(20)15-2/h3-8,11H,9-10H2,1-2H3,(H,15,20)(H,16,18)/t11-/m1/s1. The fourth-order valence-electron chi connectivity index (χ4n) is 1.86. The molecule has 0 aliphatic heterocycles. The third kappa shape index (κ3) is 3.81. The predicted molar refractivity (Wildman–Crippen MR) is 77.5 cm³/mol. The lowest BCUT2D eigenvalue weighted by Gasteiger charge is -2.13. The third-order valence-corrected chi connectivity index (χ3v) is 2.90. The summed E-state index contributed by atoms with van der Waals surface area (Å²) in [4.78, 5) is 15.8. The second-order valence-electron chi connectivity index (χ2n) is 4.70. The molecule has 2 aromatic heterocycles. The Morgan fingerprint density at radius 1 is 1.40 bits per heavy atom. The van der Waals surface area contributed by atoms with Gasteiger partial charge < -0.3 is 10.6 Å². The van der Waals surface area contributed by atoms with Crippen LogP contribution in [0.2, 0.25) is 0 Å². The Morgan fingerprint density at radius 3 is 2.95 bits per heavy atom. The number of nitrogens with zero attached hydrogens (tertiary/aromatic N) is 3. The van der Waals surface area contributed by atoms with Gasteiger partial charge in [-0.3, -0.25) is 9.48 Å². The van der Waals surface area contributed by atoms with E-state index in [1.54, 1.807) is 19.3 Å². The van der Waals surface area contributed by atoms with Crippen LogP contribution >= 0.6 is 0 Å². The lowest BCUT2D eigenvalue weighted by atomic mass is 10.2. The summed E-state index contributed by atoms with van der Waals surface area (Å²) in [5, 5.41) is 9.99. The van der Waals surface area contributed by atoms with Gasteiger partial charge in [0.25, 0.3) is 5.91 Å². The first kappa shape index (κ1) is 14.0. The zero-order valence-electron chi connectivity index (χ0n) is 11.7. The number of hydrogen-bond acceptors (Lipinski definition) is 4. The maximum absolute atomic E-state index is 11.5. The van der Waals surface area contributed by atoms with E-state index in [0.29, 0.717) is 17.4 Å². The van der Waals surface area contributed by atoms with Gasteiger partial charge in [-0.25, -0.2) is 4.98 Å². The van der Waals surface area contributed by atoms with E-state index in [2.05, 4.69) is 27.6 Å². The summed E-state index contributed by atoms with van der Waals surface area (Å²) >= 11 is 0. The quantitative estimate of drug-likeness (QED) is 0.834. The number of pyridine rings is 1. The Hall–Kier alpha value is -2.37. The Labute approximate surface area is 118 Å². The molecule has 20 heavy (non-hydrogen) atoms. The molecule has 0 bridgehead atoms. The van der Waals surface area contributed by atoms with Crippen LogP contribution in [-0.2, 0) is 6.54 Å². The molecule has 0 unspecified atom stereocenters. The Balaban J connectivity index is 1.88. The summed E-state index contributed by atoms with van der Waals surface area (Å²) in [6.07, 6.45) is 3.72. The highest BCUT2D eigenvalue weighted by Crippen LogP contribution is 2.07. The zero-order valence-corrected chi connectivity index (χ0v) is 11.7. The van der Waals surface area contributed by atoms with Crippen LogP contribution in [0, 0.1) is 5.92 Å². The predicted octanol–water partition coefficient (Wildman–Crippen LogP) is 1.39. The first-order valence-corrected chi connectivity index (χ1v) is 6.59. The van der Waals surface area contributed by atoms with E-state index in [-0.39, 0.29) is 5.91 Å². The third-order valence-electron chi connectivity index (χ3n) is 2.90. The van der Waals surface area contributed by atoms with Crippen molar-refractivity contribution >= 4 is 11.7 Å². The molecule has 0 saturated carbocycles. The molecule has 2 heterocycles. The molecule has 6 nitrogen and oxygen atoms in total. The molecule has 0 radical (unpaired) electrons. The highest BCUT2D eigenvalue weighted by molar-refractivity contribution is 5.92. The van der Waals surface area contributed by atoms with Gasteiger partial charge in [0.05, 0.1) is 0 Å². The van der Waals surface area contributed by atoms with Crippen molar-refractivity contribution in [1.82, 2.24) is 20.1 Å². The minimum atomic E-state index is -0.182. The van der Waals surface area contributed by atoms with Crippen molar-refractivity contribution in [2.24, 2.45) is 5.92 Å². The van der Waals surface area contributed by atoms with Crippen molar-refractivity contribution in [3.63, 3.8) is 0 Å². The fraction of sp³-hybridized carbons (Fsp3) is 0.357. The van der Waals surface area contributed by atoms with E-state index < -0.39 is 0 Å². The van der Waals surface area contributed by atoms with Crippen molar-refractivity contribution in [2.45, 2.75) is 13.5 Å². The molecule has 0 aliphatic rings. The van der Waals surface area contributed by atoms with E-state index in [0.717, 1.165) is 13.1 Å². The number of anilines is 1. The van der Waals surface area contributed by atoms with Crippen LogP contribution in [0.5, 0.6) is 0 Å². The van der Waals surface area contributed by atoms with Gasteiger partial charge in [-0.05, 0) is 24.1 Å². The van der Waals surface area contributed by atoms with Crippen LogP contribution in [0.25, 0.3) is 0 Å². The average Bonchev–Trinajstić information content (AvgIpc) is 2.97. The van der Waals surface area contributed by atoms with Gasteiger partial charge in [-0.2, -0.15) is 5.10 Å². The Bertz CT molecular complexity index is 552. The molecular formula is C14H19N5O. The fourth-order valence-corrected chi connectivity index (χ4v) is 1.86. The molecule has 0 spiro atoms. The minimum absolute atomic E-state index is 0.182. The van der Waals surface area contributed by atoms with Crippen molar-refractivity contribution in [3.05, 3.63) is 42.4 Å². The molecule has 6 heteroatoms. The number of aromatic nitrogens is 3. The van der Waals surface area contributed by atoms with E-state index in [9.17, 15) is 4.79 Å². The van der Waals surface area contributed by atoms with Gasteiger partial charge in [0, 0.05) is 32.5 Å². The van der Waals surface area contributed by atoms with Crippen molar-refractivity contribution in [2.75, 3.05) is 18.9 Å². The summed E-state index contributed by atoms with van der Waals surface area (Å²) in [6.45, 7) is 3.75. The first-order valence-electron chi connectivity index (χ1n) is 6.59. The number of rotatable bonds is 6. The van der Waals surface area contributed by atoms with Crippen molar-refractivity contribution in [1.29, 1.82) is 0 Å². The number of nitrogens with one attached hydrogen (secondary N) is 2. The molecule has 0 aromatic carbocycles. The first-order chi connectivity index (χ1) is 9.69. The molecule has 2 N–H and O–H groups in total. The zero-order chi connectivity index (χ0) is 14.4. The second-order valence-corrected chi connectivity index (χ2v) is 4.70. The molecule has 0 aliphatic carbocycles. The number of hydrogen-bond donors (Lipinski definition) is 2. The van der Waals surface area contributed by atoms with Crippen molar-refractivity contribution in [3.8, 4) is 0 Å². The molecule has 106 valence electrons. The van der Waals surface area contributed by atoms with Gasteiger partial charge >= 0.3 is 0 Å². The Kier molecular flexibility index (Phi) is 4.70. The van der Waals surface area contributed by atoms with Crippen LogP contribution in [0.4, 0.5) is 5.82 Å². The summed E-state index contributed by atoms with van der Waals surface area (Å²) in [6, 6.07) is 7.27. The lowest BCUT2D eigenvalue weighted by Crippen LogP contribution is -2.21. The molecule has 2 aromatic rings. The smallest absolute Gasteiger partial charge is 0.269 e. The van der Waals surface area contributed by atoms with Gasteiger partial charge in [0.15, 0.2) is 0 Å². The van der Waals surface area contributed by atoms with E-state index in [4.69, 9.17) is 0 Å². The number of carbonyl (C=O) groups is 1. The molecule has 0 saturated heterocycles. The van der Waals surface area contributed by atoms with Crippen molar-refractivity contribution < 1.29 is 4.79 Å².